The number of amides is 2. The molecule has 1 saturated heterocycles. The molecule has 0 saturated carbocycles. The van der Waals surface area contributed by atoms with E-state index in [1.165, 1.54) is 24.3 Å². The van der Waals surface area contributed by atoms with Crippen LogP contribution in [0.4, 0.5) is 4.39 Å². The molecule has 0 radical (unpaired) electrons. The molecule has 2 N–H and O–H groups in total. The summed E-state index contributed by atoms with van der Waals surface area (Å²) in [7, 11) is 0. The number of piperazine rings is 1. The van der Waals surface area contributed by atoms with Crippen LogP contribution in [0.2, 0.25) is 0 Å². The fraction of sp³-hybridized carbons (Fsp3) is 0.500. The van der Waals surface area contributed by atoms with E-state index in [9.17, 15) is 14.0 Å². The lowest BCUT2D eigenvalue weighted by atomic mass is 10.1. The Balaban J connectivity index is 1.85. The van der Waals surface area contributed by atoms with Crippen LogP contribution in [0.25, 0.3) is 0 Å². The molecule has 1 aliphatic heterocycles. The predicted octanol–water partition coefficient (Wildman–Crippen LogP) is 1.24. The molecule has 0 aromatic heterocycles. The van der Waals surface area contributed by atoms with Crippen LogP contribution in [0.3, 0.4) is 0 Å². The minimum atomic E-state index is -0.360. The third-order valence-corrected chi connectivity index (χ3v) is 3.82. The summed E-state index contributed by atoms with van der Waals surface area (Å²) in [5.41, 5.74) is 6.13. The van der Waals surface area contributed by atoms with Crippen molar-refractivity contribution in [3.8, 4) is 0 Å². The topological polar surface area (TPSA) is 66.6 Å². The zero-order valence-corrected chi connectivity index (χ0v) is 12.8. The summed E-state index contributed by atoms with van der Waals surface area (Å²) in [6.07, 6.45) is 1.12. The summed E-state index contributed by atoms with van der Waals surface area (Å²) in [5, 5.41) is 0. The molecule has 5 nitrogen and oxygen atoms in total. The van der Waals surface area contributed by atoms with Gasteiger partial charge in [-0.15, -0.1) is 0 Å². The van der Waals surface area contributed by atoms with Crippen molar-refractivity contribution in [3.05, 3.63) is 35.6 Å². The van der Waals surface area contributed by atoms with Crippen LogP contribution in [-0.4, -0.2) is 53.8 Å². The summed E-state index contributed by atoms with van der Waals surface area (Å²) in [4.78, 5) is 27.8. The van der Waals surface area contributed by atoms with Gasteiger partial charge in [-0.25, -0.2) is 4.39 Å². The maximum Gasteiger partial charge on any atom is 0.253 e. The number of halogens is 1. The van der Waals surface area contributed by atoms with Gasteiger partial charge in [-0.1, -0.05) is 0 Å². The first-order chi connectivity index (χ1) is 10.5. The molecule has 0 aliphatic carbocycles. The van der Waals surface area contributed by atoms with E-state index in [4.69, 9.17) is 5.73 Å². The van der Waals surface area contributed by atoms with Crippen molar-refractivity contribution in [2.45, 2.75) is 25.8 Å². The number of hydrogen-bond donors (Lipinski definition) is 1. The van der Waals surface area contributed by atoms with Crippen molar-refractivity contribution in [2.24, 2.45) is 5.73 Å². The van der Waals surface area contributed by atoms with Gasteiger partial charge in [-0.3, -0.25) is 9.59 Å². The summed E-state index contributed by atoms with van der Waals surface area (Å²) in [5.74, 6) is -0.394. The molecule has 120 valence electrons. The smallest absolute Gasteiger partial charge is 0.253 e. The number of hydrogen-bond acceptors (Lipinski definition) is 3. The second-order valence-corrected chi connectivity index (χ2v) is 5.70. The Bertz CT molecular complexity index is 523. The third kappa shape index (κ3) is 4.27. The van der Waals surface area contributed by atoms with Crippen LogP contribution in [-0.2, 0) is 4.79 Å². The third-order valence-electron chi connectivity index (χ3n) is 3.82. The summed E-state index contributed by atoms with van der Waals surface area (Å²) in [6, 6.07) is 5.54. The van der Waals surface area contributed by atoms with Crippen LogP contribution in [0.1, 0.15) is 30.1 Å². The van der Waals surface area contributed by atoms with Crippen LogP contribution >= 0.6 is 0 Å². The Morgan fingerprint density at radius 1 is 1.14 bits per heavy atom. The quantitative estimate of drug-likeness (QED) is 0.910. The maximum absolute atomic E-state index is 12.9. The molecule has 1 atom stereocenters. The van der Waals surface area contributed by atoms with E-state index in [2.05, 4.69) is 0 Å². The second kappa shape index (κ2) is 7.35. The molecule has 1 aromatic rings. The fourth-order valence-corrected chi connectivity index (χ4v) is 2.44. The summed E-state index contributed by atoms with van der Waals surface area (Å²) >= 11 is 0. The lowest BCUT2D eigenvalue weighted by Gasteiger charge is -2.35. The van der Waals surface area contributed by atoms with Gasteiger partial charge in [-0.05, 0) is 37.6 Å². The van der Waals surface area contributed by atoms with Crippen LogP contribution in [0.15, 0.2) is 24.3 Å². The lowest BCUT2D eigenvalue weighted by Crippen LogP contribution is -2.50. The van der Waals surface area contributed by atoms with E-state index >= 15 is 0 Å². The van der Waals surface area contributed by atoms with E-state index in [-0.39, 0.29) is 23.7 Å². The molecule has 6 heteroatoms. The number of nitrogens with zero attached hydrogens (tertiary/aromatic N) is 2. The van der Waals surface area contributed by atoms with Gasteiger partial charge in [0.2, 0.25) is 5.91 Å². The van der Waals surface area contributed by atoms with Gasteiger partial charge in [0.15, 0.2) is 0 Å². The number of benzene rings is 1. The second-order valence-electron chi connectivity index (χ2n) is 5.70. The number of nitrogens with two attached hydrogens (primary N) is 1. The van der Waals surface area contributed by atoms with E-state index in [1.807, 2.05) is 6.92 Å². The average Bonchev–Trinajstić information content (AvgIpc) is 2.53. The van der Waals surface area contributed by atoms with E-state index in [0.717, 1.165) is 0 Å². The van der Waals surface area contributed by atoms with Crippen molar-refractivity contribution in [1.29, 1.82) is 0 Å². The van der Waals surface area contributed by atoms with E-state index < -0.39 is 0 Å². The highest BCUT2D eigenvalue weighted by Gasteiger charge is 2.24. The van der Waals surface area contributed by atoms with Crippen LogP contribution in [0, 0.1) is 5.82 Å². The first-order valence-corrected chi connectivity index (χ1v) is 7.55. The minimum absolute atomic E-state index is 0.0188. The Morgan fingerprint density at radius 3 is 2.23 bits per heavy atom. The van der Waals surface area contributed by atoms with Gasteiger partial charge in [0.05, 0.1) is 0 Å². The highest BCUT2D eigenvalue weighted by molar-refractivity contribution is 5.94. The monoisotopic (exact) mass is 307 g/mol. The summed E-state index contributed by atoms with van der Waals surface area (Å²) in [6.45, 7) is 3.95. The molecule has 1 unspecified atom stereocenters. The number of carbonyl (C=O) groups is 2. The molecular formula is C16H22FN3O2. The number of carbonyl (C=O) groups excluding carboxylic acids is 2. The molecule has 1 aromatic carbocycles. The highest BCUT2D eigenvalue weighted by atomic mass is 19.1. The van der Waals surface area contributed by atoms with E-state index in [1.54, 1.807) is 9.80 Å². The van der Waals surface area contributed by atoms with Gasteiger partial charge < -0.3 is 15.5 Å². The van der Waals surface area contributed by atoms with Gasteiger partial charge in [0.25, 0.3) is 5.91 Å². The normalized spacial score (nSPS) is 16.5. The Kier molecular flexibility index (Phi) is 5.49. The molecule has 1 fully saturated rings. The molecule has 0 spiro atoms. The van der Waals surface area contributed by atoms with Crippen molar-refractivity contribution in [1.82, 2.24) is 9.80 Å². The molecule has 2 rings (SSSR count). The van der Waals surface area contributed by atoms with E-state index in [0.29, 0.717) is 44.6 Å². The van der Waals surface area contributed by atoms with Crippen LogP contribution < -0.4 is 5.73 Å². The molecule has 1 heterocycles. The van der Waals surface area contributed by atoms with Gasteiger partial charge in [0.1, 0.15) is 5.82 Å². The van der Waals surface area contributed by atoms with Crippen molar-refractivity contribution >= 4 is 11.8 Å². The van der Waals surface area contributed by atoms with Crippen molar-refractivity contribution < 1.29 is 14.0 Å². The van der Waals surface area contributed by atoms with Gasteiger partial charge in [-0.2, -0.15) is 0 Å². The zero-order valence-electron chi connectivity index (χ0n) is 12.8. The Labute approximate surface area is 129 Å². The van der Waals surface area contributed by atoms with Crippen LogP contribution in [0.5, 0.6) is 0 Å². The Hall–Kier alpha value is -1.95. The predicted molar refractivity (Wildman–Crippen MR) is 81.8 cm³/mol. The molecule has 22 heavy (non-hydrogen) atoms. The first kappa shape index (κ1) is 16.4. The first-order valence-electron chi connectivity index (χ1n) is 7.55. The molecular weight excluding hydrogens is 285 g/mol. The largest absolute Gasteiger partial charge is 0.339 e. The number of rotatable bonds is 4. The molecule has 0 bridgehead atoms. The SMILES string of the molecule is CC(N)CCC(=O)N1CCN(C(=O)c2ccc(F)cc2)CC1. The highest BCUT2D eigenvalue weighted by Crippen LogP contribution is 2.11. The van der Waals surface area contributed by atoms with Crippen molar-refractivity contribution in [2.75, 3.05) is 26.2 Å². The maximum atomic E-state index is 12.9. The lowest BCUT2D eigenvalue weighted by molar-refractivity contribution is -0.132. The van der Waals surface area contributed by atoms with Gasteiger partial charge in [0, 0.05) is 44.2 Å². The van der Waals surface area contributed by atoms with Crippen molar-refractivity contribution in [3.63, 3.8) is 0 Å². The zero-order chi connectivity index (χ0) is 16.1. The fourth-order valence-electron chi connectivity index (χ4n) is 2.44. The Morgan fingerprint density at radius 2 is 1.68 bits per heavy atom. The molecule has 2 amide bonds. The molecule has 1 aliphatic rings. The summed E-state index contributed by atoms with van der Waals surface area (Å²) < 4.78 is 12.9. The standard InChI is InChI=1S/C16H22FN3O2/c1-12(18)2-7-15(21)19-8-10-20(11-9-19)16(22)13-3-5-14(17)6-4-13/h3-6,12H,2,7-11,18H2,1H3. The van der Waals surface area contributed by atoms with Gasteiger partial charge >= 0.3 is 0 Å². The minimum Gasteiger partial charge on any atom is -0.339 e. The average molecular weight is 307 g/mol.